The molecule has 0 bridgehead atoms. The van der Waals surface area contributed by atoms with E-state index in [-0.39, 0.29) is 5.91 Å². The normalized spacial score (nSPS) is 15.8. The van der Waals surface area contributed by atoms with E-state index >= 15 is 0 Å². The van der Waals surface area contributed by atoms with E-state index in [1.807, 2.05) is 38.1 Å². The molecule has 132 valence electrons. The van der Waals surface area contributed by atoms with Crippen molar-refractivity contribution in [2.75, 3.05) is 0 Å². The summed E-state index contributed by atoms with van der Waals surface area (Å²) in [4.78, 5) is 17.5. The summed E-state index contributed by atoms with van der Waals surface area (Å²) in [5.74, 6) is 0.299. The van der Waals surface area contributed by atoms with E-state index in [4.69, 9.17) is 11.6 Å². The van der Waals surface area contributed by atoms with Crippen molar-refractivity contribution in [2.24, 2.45) is 0 Å². The first-order valence-corrected chi connectivity index (χ1v) is 9.39. The first-order chi connectivity index (χ1) is 12.0. The lowest BCUT2D eigenvalue weighted by atomic mass is 9.82. The fraction of sp³-hybridized carbons (Fsp3) is 0.429. The molecule has 1 fully saturated rings. The molecule has 1 N–H and O–H groups in total. The Morgan fingerprint density at radius 1 is 1.12 bits per heavy atom. The second kappa shape index (κ2) is 7.57. The number of hydrogen-bond donors (Lipinski definition) is 1. The smallest absolute Gasteiger partial charge is 0.253 e. The summed E-state index contributed by atoms with van der Waals surface area (Å²) in [6.45, 7) is 3.93. The number of aromatic nitrogens is 1. The van der Waals surface area contributed by atoms with Gasteiger partial charge in [-0.15, -0.1) is 0 Å². The maximum Gasteiger partial charge on any atom is 0.253 e. The zero-order valence-corrected chi connectivity index (χ0v) is 15.6. The maximum absolute atomic E-state index is 13.1. The third-order valence-corrected chi connectivity index (χ3v) is 5.36. The number of hydrogen-bond acceptors (Lipinski definition) is 2. The van der Waals surface area contributed by atoms with E-state index in [2.05, 4.69) is 16.4 Å². The minimum Gasteiger partial charge on any atom is -0.341 e. The van der Waals surface area contributed by atoms with Gasteiger partial charge in [-0.05, 0) is 56.4 Å². The molecule has 1 aromatic heterocycles. The van der Waals surface area contributed by atoms with Gasteiger partial charge in [0.25, 0.3) is 5.91 Å². The van der Waals surface area contributed by atoms with Gasteiger partial charge in [0.05, 0.1) is 21.8 Å². The fourth-order valence-corrected chi connectivity index (χ4v) is 3.94. The number of nitrogens with one attached hydrogen (secondary N) is 1. The Labute approximate surface area is 154 Å². The van der Waals surface area contributed by atoms with Crippen LogP contribution in [0, 0.1) is 0 Å². The minimum atomic E-state index is -0.568. The van der Waals surface area contributed by atoms with E-state index in [9.17, 15) is 4.79 Å². The van der Waals surface area contributed by atoms with Crippen molar-refractivity contribution in [3.8, 4) is 0 Å². The van der Waals surface area contributed by atoms with Crippen molar-refractivity contribution in [3.63, 3.8) is 0 Å². The largest absolute Gasteiger partial charge is 0.341 e. The molecule has 0 aliphatic heterocycles. The zero-order valence-electron chi connectivity index (χ0n) is 14.9. The number of amides is 1. The Morgan fingerprint density at radius 2 is 1.88 bits per heavy atom. The molecule has 1 heterocycles. The lowest BCUT2D eigenvalue weighted by molar-refractivity contribution is 0.0908. The molecule has 3 rings (SSSR count). The first kappa shape index (κ1) is 17.9. The Morgan fingerprint density at radius 3 is 2.56 bits per heavy atom. The van der Waals surface area contributed by atoms with Crippen LogP contribution in [-0.4, -0.2) is 10.9 Å². The summed E-state index contributed by atoms with van der Waals surface area (Å²) in [5.41, 5.74) is 1.97. The molecule has 3 nitrogen and oxygen atoms in total. The van der Waals surface area contributed by atoms with Crippen molar-refractivity contribution < 1.29 is 4.79 Å². The fourth-order valence-electron chi connectivity index (χ4n) is 3.68. The predicted octanol–water partition coefficient (Wildman–Crippen LogP) is 5.45. The second-order valence-electron chi connectivity index (χ2n) is 7.33. The van der Waals surface area contributed by atoms with Crippen LogP contribution in [0.25, 0.3) is 0 Å². The van der Waals surface area contributed by atoms with E-state index in [0.717, 1.165) is 24.1 Å². The van der Waals surface area contributed by atoms with Gasteiger partial charge in [0.15, 0.2) is 0 Å². The van der Waals surface area contributed by atoms with Gasteiger partial charge in [-0.25, -0.2) is 0 Å². The van der Waals surface area contributed by atoms with Gasteiger partial charge in [-0.1, -0.05) is 49.1 Å². The molecule has 0 atom stereocenters. The predicted molar refractivity (Wildman–Crippen MR) is 102 cm³/mol. The standard InChI is InChI=1S/C21H25ClN2O/c1-21(2,18-13-6-7-14-23-18)24-20(25)19-16(11-8-12-17(19)22)15-9-4-3-5-10-15/h6-8,11-15H,3-5,9-10H2,1-2H3,(H,24,25). The number of carbonyl (C=O) groups is 1. The summed E-state index contributed by atoms with van der Waals surface area (Å²) in [6, 6.07) is 11.5. The topological polar surface area (TPSA) is 42.0 Å². The van der Waals surface area contributed by atoms with Gasteiger partial charge >= 0.3 is 0 Å². The SMILES string of the molecule is CC(C)(NC(=O)c1c(Cl)cccc1C1CCCCC1)c1ccccn1. The number of nitrogens with zero attached hydrogens (tertiary/aromatic N) is 1. The molecule has 1 saturated carbocycles. The van der Waals surface area contributed by atoms with Gasteiger partial charge in [-0.3, -0.25) is 9.78 Å². The van der Waals surface area contributed by atoms with Crippen molar-refractivity contribution >= 4 is 17.5 Å². The van der Waals surface area contributed by atoms with E-state index < -0.39 is 5.54 Å². The molecular formula is C21H25ClN2O. The first-order valence-electron chi connectivity index (χ1n) is 9.01. The third kappa shape index (κ3) is 4.04. The van der Waals surface area contributed by atoms with Crippen LogP contribution in [-0.2, 0) is 5.54 Å². The summed E-state index contributed by atoms with van der Waals surface area (Å²) >= 11 is 6.44. The van der Waals surface area contributed by atoms with Gasteiger partial charge in [0.1, 0.15) is 0 Å². The molecule has 1 aliphatic carbocycles. The van der Waals surface area contributed by atoms with Crippen molar-refractivity contribution in [1.29, 1.82) is 0 Å². The van der Waals surface area contributed by atoms with Crippen LogP contribution in [0.4, 0.5) is 0 Å². The van der Waals surface area contributed by atoms with Crippen molar-refractivity contribution in [2.45, 2.75) is 57.4 Å². The highest BCUT2D eigenvalue weighted by molar-refractivity contribution is 6.34. The van der Waals surface area contributed by atoms with Crippen LogP contribution in [0.1, 0.15) is 73.5 Å². The number of halogens is 1. The van der Waals surface area contributed by atoms with E-state index in [1.54, 1.807) is 12.3 Å². The quantitative estimate of drug-likeness (QED) is 0.791. The summed E-state index contributed by atoms with van der Waals surface area (Å²) in [5, 5.41) is 3.65. The monoisotopic (exact) mass is 356 g/mol. The zero-order chi connectivity index (χ0) is 17.9. The highest BCUT2D eigenvalue weighted by Gasteiger charge is 2.29. The van der Waals surface area contributed by atoms with Crippen LogP contribution < -0.4 is 5.32 Å². The average molecular weight is 357 g/mol. The summed E-state index contributed by atoms with van der Waals surface area (Å²) in [6.07, 6.45) is 7.72. The van der Waals surface area contributed by atoms with Crippen LogP contribution in [0.5, 0.6) is 0 Å². The number of carbonyl (C=O) groups excluding carboxylic acids is 1. The van der Waals surface area contributed by atoms with Crippen molar-refractivity contribution in [1.82, 2.24) is 10.3 Å². The molecule has 1 aliphatic rings. The molecular weight excluding hydrogens is 332 g/mol. The molecule has 0 radical (unpaired) electrons. The maximum atomic E-state index is 13.1. The molecule has 0 unspecified atom stereocenters. The summed E-state index contributed by atoms with van der Waals surface area (Å²) < 4.78 is 0. The van der Waals surface area contributed by atoms with Crippen LogP contribution in [0.3, 0.4) is 0 Å². The van der Waals surface area contributed by atoms with Gasteiger partial charge in [0.2, 0.25) is 0 Å². The number of pyridine rings is 1. The van der Waals surface area contributed by atoms with Crippen molar-refractivity contribution in [3.05, 3.63) is 64.4 Å². The molecule has 2 aromatic rings. The molecule has 1 amide bonds. The highest BCUT2D eigenvalue weighted by Crippen LogP contribution is 2.36. The van der Waals surface area contributed by atoms with Gasteiger partial charge in [-0.2, -0.15) is 0 Å². The molecule has 25 heavy (non-hydrogen) atoms. The van der Waals surface area contributed by atoms with E-state index in [1.165, 1.54) is 19.3 Å². The van der Waals surface area contributed by atoms with E-state index in [0.29, 0.717) is 16.5 Å². The highest BCUT2D eigenvalue weighted by atomic mass is 35.5. The number of benzene rings is 1. The molecule has 4 heteroatoms. The molecule has 1 aromatic carbocycles. The van der Waals surface area contributed by atoms with Gasteiger partial charge in [0, 0.05) is 6.20 Å². The third-order valence-electron chi connectivity index (χ3n) is 5.05. The lowest BCUT2D eigenvalue weighted by Gasteiger charge is -2.28. The van der Waals surface area contributed by atoms with Crippen LogP contribution in [0.15, 0.2) is 42.6 Å². The van der Waals surface area contributed by atoms with Crippen LogP contribution >= 0.6 is 11.6 Å². The Hall–Kier alpha value is -1.87. The number of rotatable bonds is 4. The second-order valence-corrected chi connectivity index (χ2v) is 7.74. The lowest BCUT2D eigenvalue weighted by Crippen LogP contribution is -2.42. The Kier molecular flexibility index (Phi) is 5.43. The molecule has 0 spiro atoms. The minimum absolute atomic E-state index is 0.123. The summed E-state index contributed by atoms with van der Waals surface area (Å²) in [7, 11) is 0. The average Bonchev–Trinajstić information content (AvgIpc) is 2.62. The Balaban J connectivity index is 1.89. The van der Waals surface area contributed by atoms with Crippen LogP contribution in [0.2, 0.25) is 5.02 Å². The Bertz CT molecular complexity index is 737. The van der Waals surface area contributed by atoms with Gasteiger partial charge < -0.3 is 5.32 Å². The molecule has 0 saturated heterocycles.